The summed E-state index contributed by atoms with van der Waals surface area (Å²) in [5.41, 5.74) is 2.55. The molecule has 0 fully saturated rings. The predicted octanol–water partition coefficient (Wildman–Crippen LogP) is 5.17. The average molecular weight is 478 g/mol. The Morgan fingerprint density at radius 2 is 1.82 bits per heavy atom. The monoisotopic (exact) mass is 477 g/mol. The van der Waals surface area contributed by atoms with Crippen LogP contribution in [0.5, 0.6) is 5.75 Å². The maximum atomic E-state index is 12.5. The maximum Gasteiger partial charge on any atom is 0.237 e. The van der Waals surface area contributed by atoms with Gasteiger partial charge in [-0.15, -0.1) is 10.2 Å². The number of aryl methyl sites for hydroxylation is 1. The SMILES string of the molecule is Cc1ccccc1OCc1nnc(SCC(=O)Nc2cc(C(C)(C)C)no2)n1-c1ccccc1. The molecule has 0 aliphatic rings. The van der Waals surface area contributed by atoms with Gasteiger partial charge in [-0.3, -0.25) is 14.7 Å². The first-order valence-electron chi connectivity index (χ1n) is 10.9. The Balaban J connectivity index is 1.47. The molecule has 0 bridgehead atoms. The van der Waals surface area contributed by atoms with Gasteiger partial charge in [-0.25, -0.2) is 0 Å². The number of amides is 1. The van der Waals surface area contributed by atoms with E-state index in [2.05, 4.69) is 20.7 Å². The van der Waals surface area contributed by atoms with Crippen molar-refractivity contribution in [3.8, 4) is 11.4 Å². The molecule has 0 spiro atoms. The standard InChI is InChI=1S/C25H27N5O3S/c1-17-10-8-9-13-19(17)32-15-21-27-28-24(30(21)18-11-6-5-7-12-18)34-16-22(31)26-23-14-20(29-33-23)25(2,3)4/h5-14H,15-16H2,1-4H3,(H,26,31). The summed E-state index contributed by atoms with van der Waals surface area (Å²) in [6.45, 7) is 8.33. The highest BCUT2D eigenvalue weighted by atomic mass is 32.2. The molecule has 2 heterocycles. The molecule has 2 aromatic heterocycles. The molecule has 176 valence electrons. The Morgan fingerprint density at radius 1 is 1.09 bits per heavy atom. The second-order valence-electron chi connectivity index (χ2n) is 8.79. The molecule has 34 heavy (non-hydrogen) atoms. The van der Waals surface area contributed by atoms with Crippen LogP contribution in [0.2, 0.25) is 0 Å². The van der Waals surface area contributed by atoms with Gasteiger partial charge in [0, 0.05) is 17.2 Å². The van der Waals surface area contributed by atoms with Crippen LogP contribution in [-0.2, 0) is 16.8 Å². The first kappa shape index (κ1) is 23.6. The predicted molar refractivity (Wildman–Crippen MR) is 131 cm³/mol. The van der Waals surface area contributed by atoms with E-state index in [-0.39, 0.29) is 23.7 Å². The number of nitrogens with one attached hydrogen (secondary N) is 1. The number of carbonyl (C=O) groups excluding carboxylic acids is 1. The molecule has 0 aliphatic heterocycles. The van der Waals surface area contributed by atoms with Crippen LogP contribution in [0, 0.1) is 6.92 Å². The van der Waals surface area contributed by atoms with E-state index in [4.69, 9.17) is 9.26 Å². The molecule has 0 unspecified atom stereocenters. The Morgan fingerprint density at radius 3 is 2.53 bits per heavy atom. The van der Waals surface area contributed by atoms with Gasteiger partial charge in [0.15, 0.2) is 11.0 Å². The lowest BCUT2D eigenvalue weighted by molar-refractivity contribution is -0.113. The molecule has 9 heteroatoms. The van der Waals surface area contributed by atoms with E-state index >= 15 is 0 Å². The van der Waals surface area contributed by atoms with Crippen LogP contribution < -0.4 is 10.1 Å². The number of hydrogen-bond donors (Lipinski definition) is 1. The van der Waals surface area contributed by atoms with Gasteiger partial charge in [-0.05, 0) is 30.7 Å². The Bertz CT molecular complexity index is 1260. The average Bonchev–Trinajstić information content (AvgIpc) is 3.45. The lowest BCUT2D eigenvalue weighted by atomic mass is 9.92. The van der Waals surface area contributed by atoms with Gasteiger partial charge >= 0.3 is 0 Å². The lowest BCUT2D eigenvalue weighted by Crippen LogP contribution is -2.15. The van der Waals surface area contributed by atoms with E-state index < -0.39 is 0 Å². The van der Waals surface area contributed by atoms with Crippen LogP contribution in [0.1, 0.15) is 37.9 Å². The number of ether oxygens (including phenoxy) is 1. The first-order valence-corrected chi connectivity index (χ1v) is 11.9. The van der Waals surface area contributed by atoms with Crippen LogP contribution in [-0.4, -0.2) is 31.6 Å². The Kier molecular flexibility index (Phi) is 7.02. The summed E-state index contributed by atoms with van der Waals surface area (Å²) in [7, 11) is 0. The second-order valence-corrected chi connectivity index (χ2v) is 9.73. The minimum atomic E-state index is -0.220. The second kappa shape index (κ2) is 10.1. The van der Waals surface area contributed by atoms with Gasteiger partial charge in [0.25, 0.3) is 0 Å². The fraction of sp³-hybridized carbons (Fsp3) is 0.280. The summed E-state index contributed by atoms with van der Waals surface area (Å²) in [5, 5.41) is 16.0. The van der Waals surface area contributed by atoms with Gasteiger partial charge in [-0.2, -0.15) is 0 Å². The lowest BCUT2D eigenvalue weighted by Gasteiger charge is -2.12. The van der Waals surface area contributed by atoms with Crippen molar-refractivity contribution in [2.75, 3.05) is 11.1 Å². The van der Waals surface area contributed by atoms with E-state index in [0.29, 0.717) is 16.9 Å². The number of hydrogen-bond acceptors (Lipinski definition) is 7. The van der Waals surface area contributed by atoms with Crippen molar-refractivity contribution in [1.29, 1.82) is 0 Å². The highest BCUT2D eigenvalue weighted by molar-refractivity contribution is 7.99. The van der Waals surface area contributed by atoms with Crippen LogP contribution in [0.3, 0.4) is 0 Å². The van der Waals surface area contributed by atoms with Gasteiger partial charge in [0.2, 0.25) is 11.8 Å². The third kappa shape index (κ3) is 5.66. The van der Waals surface area contributed by atoms with Crippen LogP contribution in [0.4, 0.5) is 5.88 Å². The molecule has 0 radical (unpaired) electrons. The van der Waals surface area contributed by atoms with E-state index in [1.165, 1.54) is 11.8 Å². The van der Waals surface area contributed by atoms with Crippen molar-refractivity contribution in [3.63, 3.8) is 0 Å². The summed E-state index contributed by atoms with van der Waals surface area (Å²) in [5.74, 6) is 1.67. The molecule has 1 N–H and O–H groups in total. The minimum Gasteiger partial charge on any atom is -0.485 e. The van der Waals surface area contributed by atoms with Gasteiger partial charge in [0.1, 0.15) is 12.4 Å². The Labute approximate surface area is 202 Å². The number of aromatic nitrogens is 4. The number of benzene rings is 2. The minimum absolute atomic E-state index is 0.134. The largest absolute Gasteiger partial charge is 0.485 e. The van der Waals surface area contributed by atoms with Crippen molar-refractivity contribution >= 4 is 23.6 Å². The van der Waals surface area contributed by atoms with Crippen LogP contribution >= 0.6 is 11.8 Å². The summed E-state index contributed by atoms with van der Waals surface area (Å²) in [6, 6.07) is 19.3. The molecule has 0 aliphatic carbocycles. The van der Waals surface area contributed by atoms with Gasteiger partial charge in [-0.1, -0.05) is 74.1 Å². The van der Waals surface area contributed by atoms with Crippen molar-refractivity contribution in [3.05, 3.63) is 77.7 Å². The maximum absolute atomic E-state index is 12.5. The topological polar surface area (TPSA) is 95.1 Å². The number of carbonyl (C=O) groups is 1. The number of rotatable bonds is 8. The fourth-order valence-electron chi connectivity index (χ4n) is 3.18. The van der Waals surface area contributed by atoms with E-state index in [1.807, 2.05) is 86.9 Å². The van der Waals surface area contributed by atoms with Crippen molar-refractivity contribution < 1.29 is 14.1 Å². The smallest absolute Gasteiger partial charge is 0.237 e. The third-order valence-corrected chi connectivity index (χ3v) is 5.97. The molecular formula is C25H27N5O3S. The number of nitrogens with zero attached hydrogens (tertiary/aromatic N) is 4. The van der Waals surface area contributed by atoms with E-state index in [0.717, 1.165) is 22.7 Å². The molecular weight excluding hydrogens is 450 g/mol. The molecule has 8 nitrogen and oxygen atoms in total. The summed E-state index contributed by atoms with van der Waals surface area (Å²) in [4.78, 5) is 12.5. The molecule has 4 rings (SSSR count). The number of para-hydroxylation sites is 2. The number of thioether (sulfide) groups is 1. The highest BCUT2D eigenvalue weighted by Gasteiger charge is 2.21. The van der Waals surface area contributed by atoms with Crippen LogP contribution in [0.25, 0.3) is 5.69 Å². The molecule has 1 amide bonds. The van der Waals surface area contributed by atoms with Crippen molar-refractivity contribution in [2.24, 2.45) is 0 Å². The Hall–Kier alpha value is -3.59. The summed E-state index contributed by atoms with van der Waals surface area (Å²) >= 11 is 1.29. The van der Waals surface area contributed by atoms with Gasteiger partial charge < -0.3 is 9.26 Å². The third-order valence-electron chi connectivity index (χ3n) is 5.04. The first-order chi connectivity index (χ1) is 16.3. The molecule has 0 saturated carbocycles. The zero-order valence-electron chi connectivity index (χ0n) is 19.6. The fourth-order valence-corrected chi connectivity index (χ4v) is 3.95. The van der Waals surface area contributed by atoms with Gasteiger partial charge in [0.05, 0.1) is 11.4 Å². The van der Waals surface area contributed by atoms with E-state index in [9.17, 15) is 4.79 Å². The molecule has 2 aromatic carbocycles. The highest BCUT2D eigenvalue weighted by Crippen LogP contribution is 2.26. The molecule has 4 aromatic rings. The zero-order valence-corrected chi connectivity index (χ0v) is 20.4. The van der Waals surface area contributed by atoms with E-state index in [1.54, 1.807) is 6.07 Å². The molecule has 0 saturated heterocycles. The van der Waals surface area contributed by atoms with Crippen LogP contribution in [0.15, 0.2) is 70.3 Å². The zero-order chi connectivity index (χ0) is 24.1. The summed E-state index contributed by atoms with van der Waals surface area (Å²) in [6.07, 6.45) is 0. The van der Waals surface area contributed by atoms with Crippen molar-refractivity contribution in [2.45, 2.75) is 44.9 Å². The number of anilines is 1. The quantitative estimate of drug-likeness (QED) is 0.350. The normalized spacial score (nSPS) is 11.4. The van der Waals surface area contributed by atoms with Crippen molar-refractivity contribution in [1.82, 2.24) is 19.9 Å². The summed E-state index contributed by atoms with van der Waals surface area (Å²) < 4.78 is 13.2. The molecule has 0 atom stereocenters.